The van der Waals surface area contributed by atoms with Crippen LogP contribution in [0.25, 0.3) is 10.9 Å². The first kappa shape index (κ1) is 10.6. The number of aliphatic hydroxyl groups is 1. The average molecular weight is 222 g/mol. The second-order valence-electron chi connectivity index (χ2n) is 3.39. The molecule has 0 unspecified atom stereocenters. The summed E-state index contributed by atoms with van der Waals surface area (Å²) in [7, 11) is 0. The van der Waals surface area contributed by atoms with Crippen LogP contribution in [0.3, 0.4) is 0 Å². The Morgan fingerprint density at radius 2 is 2.25 bits per heavy atom. The van der Waals surface area contributed by atoms with Gasteiger partial charge in [-0.05, 0) is 24.3 Å². The lowest BCUT2D eigenvalue weighted by atomic mass is 10.2. The summed E-state index contributed by atoms with van der Waals surface area (Å²) in [5, 5.41) is 11.7. The molecule has 0 spiro atoms. The Labute approximate surface area is 91.1 Å². The van der Waals surface area contributed by atoms with E-state index < -0.39 is 0 Å². The summed E-state index contributed by atoms with van der Waals surface area (Å²) in [5.41, 5.74) is 1.06. The molecule has 1 aromatic heterocycles. The van der Waals surface area contributed by atoms with Crippen LogP contribution in [0.1, 0.15) is 10.5 Å². The monoisotopic (exact) mass is 222 g/mol. The van der Waals surface area contributed by atoms with Crippen molar-refractivity contribution in [2.24, 2.45) is 0 Å². The zero-order chi connectivity index (χ0) is 11.5. The van der Waals surface area contributed by atoms with Crippen LogP contribution >= 0.6 is 0 Å². The number of hydrogen-bond acceptors (Lipinski definition) is 2. The Bertz CT molecular complexity index is 522. The third-order valence-corrected chi connectivity index (χ3v) is 2.22. The molecule has 0 fully saturated rings. The number of aromatic nitrogens is 1. The zero-order valence-corrected chi connectivity index (χ0v) is 8.46. The summed E-state index contributed by atoms with van der Waals surface area (Å²) in [6, 6.07) is 5.83. The van der Waals surface area contributed by atoms with Crippen molar-refractivity contribution in [2.75, 3.05) is 13.2 Å². The number of nitrogens with one attached hydrogen (secondary N) is 2. The van der Waals surface area contributed by atoms with E-state index in [1.807, 2.05) is 0 Å². The van der Waals surface area contributed by atoms with Crippen molar-refractivity contribution in [3.05, 3.63) is 35.8 Å². The van der Waals surface area contributed by atoms with Crippen molar-refractivity contribution in [2.45, 2.75) is 0 Å². The Hall–Kier alpha value is -1.88. The fraction of sp³-hybridized carbons (Fsp3) is 0.182. The zero-order valence-electron chi connectivity index (χ0n) is 8.46. The molecule has 0 radical (unpaired) electrons. The topological polar surface area (TPSA) is 65.1 Å². The highest BCUT2D eigenvalue weighted by Gasteiger charge is 2.08. The Kier molecular flexibility index (Phi) is 2.87. The number of amides is 1. The smallest absolute Gasteiger partial charge is 0.267 e. The van der Waals surface area contributed by atoms with Gasteiger partial charge in [0.15, 0.2) is 0 Å². The predicted octanol–water partition coefficient (Wildman–Crippen LogP) is 1.03. The fourth-order valence-electron chi connectivity index (χ4n) is 1.49. The summed E-state index contributed by atoms with van der Waals surface area (Å²) in [6.45, 7) is 0.0865. The van der Waals surface area contributed by atoms with Crippen molar-refractivity contribution < 1.29 is 14.3 Å². The molecule has 2 rings (SSSR count). The molecule has 0 atom stereocenters. The van der Waals surface area contributed by atoms with Crippen LogP contribution in [-0.2, 0) is 0 Å². The number of rotatable bonds is 3. The SMILES string of the molecule is O=C(NCCO)c1cc2cc(F)ccc2[nH]1. The van der Waals surface area contributed by atoms with E-state index in [1.165, 1.54) is 12.1 Å². The van der Waals surface area contributed by atoms with Gasteiger partial charge in [0.05, 0.1) is 6.61 Å². The first-order valence-electron chi connectivity index (χ1n) is 4.88. The number of carbonyl (C=O) groups is 1. The lowest BCUT2D eigenvalue weighted by Gasteiger charge is -1.99. The number of halogens is 1. The normalized spacial score (nSPS) is 10.6. The highest BCUT2D eigenvalue weighted by molar-refractivity contribution is 5.97. The van der Waals surface area contributed by atoms with E-state index in [2.05, 4.69) is 10.3 Å². The van der Waals surface area contributed by atoms with Gasteiger partial charge in [-0.1, -0.05) is 0 Å². The van der Waals surface area contributed by atoms with Gasteiger partial charge in [0.2, 0.25) is 0 Å². The number of aliphatic hydroxyl groups excluding tert-OH is 1. The van der Waals surface area contributed by atoms with Gasteiger partial charge >= 0.3 is 0 Å². The van der Waals surface area contributed by atoms with Crippen molar-refractivity contribution in [1.29, 1.82) is 0 Å². The molecule has 84 valence electrons. The molecule has 0 aliphatic carbocycles. The minimum absolute atomic E-state index is 0.111. The molecule has 0 aliphatic rings. The fourth-order valence-corrected chi connectivity index (χ4v) is 1.49. The standard InChI is InChI=1S/C11H11FN2O2/c12-8-1-2-9-7(5-8)6-10(14-9)11(16)13-3-4-15/h1-2,5-6,14-15H,3-4H2,(H,13,16). The van der Waals surface area contributed by atoms with E-state index in [-0.39, 0.29) is 24.9 Å². The van der Waals surface area contributed by atoms with Gasteiger partial charge in [-0.15, -0.1) is 0 Å². The average Bonchev–Trinajstić information content (AvgIpc) is 2.68. The molecule has 1 amide bonds. The molecular formula is C11H11FN2O2. The molecule has 16 heavy (non-hydrogen) atoms. The van der Waals surface area contributed by atoms with Crippen LogP contribution in [0, 0.1) is 5.82 Å². The summed E-state index contributed by atoms with van der Waals surface area (Å²) in [4.78, 5) is 14.4. The predicted molar refractivity (Wildman–Crippen MR) is 57.7 cm³/mol. The van der Waals surface area contributed by atoms with Crippen LogP contribution in [0.4, 0.5) is 4.39 Å². The maximum atomic E-state index is 12.9. The second kappa shape index (κ2) is 4.32. The third kappa shape index (κ3) is 2.04. The van der Waals surface area contributed by atoms with Gasteiger partial charge in [-0.2, -0.15) is 0 Å². The number of aromatic amines is 1. The van der Waals surface area contributed by atoms with Crippen molar-refractivity contribution in [3.8, 4) is 0 Å². The van der Waals surface area contributed by atoms with Gasteiger partial charge in [-0.25, -0.2) is 4.39 Å². The number of fused-ring (bicyclic) bond motifs is 1. The van der Waals surface area contributed by atoms with Crippen molar-refractivity contribution in [1.82, 2.24) is 10.3 Å². The van der Waals surface area contributed by atoms with E-state index in [1.54, 1.807) is 12.1 Å². The number of H-pyrrole nitrogens is 1. The molecule has 1 heterocycles. The van der Waals surface area contributed by atoms with Crippen LogP contribution in [0.2, 0.25) is 0 Å². The van der Waals surface area contributed by atoms with Crippen LogP contribution in [0.5, 0.6) is 0 Å². The second-order valence-corrected chi connectivity index (χ2v) is 3.39. The van der Waals surface area contributed by atoms with Gasteiger partial charge < -0.3 is 15.4 Å². The van der Waals surface area contributed by atoms with Crippen LogP contribution in [-0.4, -0.2) is 29.1 Å². The summed E-state index contributed by atoms with van der Waals surface area (Å²) in [5.74, 6) is -0.653. The molecule has 0 aliphatic heterocycles. The Morgan fingerprint density at radius 3 is 3.00 bits per heavy atom. The minimum Gasteiger partial charge on any atom is -0.395 e. The highest BCUT2D eigenvalue weighted by Crippen LogP contribution is 2.16. The van der Waals surface area contributed by atoms with E-state index in [4.69, 9.17) is 5.11 Å². The third-order valence-electron chi connectivity index (χ3n) is 2.22. The highest BCUT2D eigenvalue weighted by atomic mass is 19.1. The first-order chi connectivity index (χ1) is 7.70. The Morgan fingerprint density at radius 1 is 1.44 bits per heavy atom. The quantitative estimate of drug-likeness (QED) is 0.726. The van der Waals surface area contributed by atoms with Gasteiger partial charge in [0, 0.05) is 17.4 Å². The summed E-state index contributed by atoms with van der Waals surface area (Å²) in [6.07, 6.45) is 0. The summed E-state index contributed by atoms with van der Waals surface area (Å²) < 4.78 is 12.9. The molecule has 5 heteroatoms. The summed E-state index contributed by atoms with van der Waals surface area (Å²) >= 11 is 0. The maximum Gasteiger partial charge on any atom is 0.267 e. The minimum atomic E-state index is -0.339. The Balaban J connectivity index is 2.28. The maximum absolute atomic E-state index is 12.9. The van der Waals surface area contributed by atoms with Crippen LogP contribution in [0.15, 0.2) is 24.3 Å². The molecule has 0 saturated carbocycles. The van der Waals surface area contributed by atoms with Gasteiger partial charge in [0.1, 0.15) is 11.5 Å². The number of benzene rings is 1. The van der Waals surface area contributed by atoms with Gasteiger partial charge in [0.25, 0.3) is 5.91 Å². The molecule has 3 N–H and O–H groups in total. The van der Waals surface area contributed by atoms with E-state index in [9.17, 15) is 9.18 Å². The van der Waals surface area contributed by atoms with Crippen LogP contribution < -0.4 is 5.32 Å². The molecule has 2 aromatic rings. The molecule has 4 nitrogen and oxygen atoms in total. The first-order valence-corrected chi connectivity index (χ1v) is 4.88. The lowest BCUT2D eigenvalue weighted by molar-refractivity contribution is 0.0940. The number of carbonyl (C=O) groups excluding carboxylic acids is 1. The number of hydrogen-bond donors (Lipinski definition) is 3. The molecule has 0 saturated heterocycles. The molecule has 0 bridgehead atoms. The van der Waals surface area contributed by atoms with Crippen molar-refractivity contribution >= 4 is 16.8 Å². The van der Waals surface area contributed by atoms with Crippen molar-refractivity contribution in [3.63, 3.8) is 0 Å². The molecule has 1 aromatic carbocycles. The van der Waals surface area contributed by atoms with E-state index >= 15 is 0 Å². The lowest BCUT2D eigenvalue weighted by Crippen LogP contribution is -2.26. The largest absolute Gasteiger partial charge is 0.395 e. The van der Waals surface area contributed by atoms with E-state index in [0.717, 1.165) is 0 Å². The van der Waals surface area contributed by atoms with Gasteiger partial charge in [-0.3, -0.25) is 4.79 Å². The molecular weight excluding hydrogens is 211 g/mol. The van der Waals surface area contributed by atoms with E-state index in [0.29, 0.717) is 16.6 Å².